The number of halogens is 1. The zero-order chi connectivity index (χ0) is 22.6. The van der Waals surface area contributed by atoms with Gasteiger partial charge in [0.05, 0.1) is 17.2 Å². The van der Waals surface area contributed by atoms with Crippen LogP contribution in [-0.4, -0.2) is 32.8 Å². The fourth-order valence-electron chi connectivity index (χ4n) is 3.28. The van der Waals surface area contributed by atoms with Gasteiger partial charge in [-0.25, -0.2) is 8.42 Å². The second-order valence-electron chi connectivity index (χ2n) is 6.94. The predicted octanol–water partition coefficient (Wildman–Crippen LogP) is 5.88. The summed E-state index contributed by atoms with van der Waals surface area (Å²) in [5, 5.41) is 2.09. The lowest BCUT2D eigenvalue weighted by molar-refractivity contribution is 0.344. The number of aromatic nitrogens is 1. The van der Waals surface area contributed by atoms with Gasteiger partial charge in [0.15, 0.2) is 0 Å². The number of anilines is 1. The topological polar surface area (TPSA) is 59.5 Å². The summed E-state index contributed by atoms with van der Waals surface area (Å²) in [5.74, 6) is 1.40. The molecule has 8 heteroatoms. The first-order valence-corrected chi connectivity index (χ1v) is 12.7. The van der Waals surface area contributed by atoms with Crippen molar-refractivity contribution in [3.05, 3.63) is 90.2 Å². The summed E-state index contributed by atoms with van der Waals surface area (Å²) in [6.07, 6.45) is 3.27. The molecule has 3 aromatic carbocycles. The average molecular weight is 485 g/mol. The summed E-state index contributed by atoms with van der Waals surface area (Å²) >= 11 is 7.44. The zero-order valence-electron chi connectivity index (χ0n) is 17.3. The maximum Gasteiger partial charge on any atom is 0.264 e. The van der Waals surface area contributed by atoms with E-state index >= 15 is 0 Å². The van der Waals surface area contributed by atoms with Crippen molar-refractivity contribution in [1.29, 1.82) is 0 Å². The Labute approximate surface area is 197 Å². The van der Waals surface area contributed by atoms with Gasteiger partial charge in [-0.1, -0.05) is 35.9 Å². The van der Waals surface area contributed by atoms with Crippen molar-refractivity contribution < 1.29 is 13.2 Å². The zero-order valence-corrected chi connectivity index (χ0v) is 19.7. The molecule has 164 valence electrons. The first-order valence-electron chi connectivity index (χ1n) is 9.89. The van der Waals surface area contributed by atoms with Gasteiger partial charge in [-0.2, -0.15) is 0 Å². The number of sulfonamides is 1. The molecule has 5 nitrogen and oxygen atoms in total. The number of hydrogen-bond acceptors (Lipinski definition) is 5. The van der Waals surface area contributed by atoms with Crippen LogP contribution in [0.1, 0.15) is 0 Å². The number of hydrogen-bond donors (Lipinski definition) is 0. The summed E-state index contributed by atoms with van der Waals surface area (Å²) in [4.78, 5) is 5.21. The highest BCUT2D eigenvalue weighted by Gasteiger charge is 2.25. The number of ether oxygens (including phenoxy) is 1. The van der Waals surface area contributed by atoms with Crippen molar-refractivity contribution >= 4 is 49.8 Å². The van der Waals surface area contributed by atoms with Crippen molar-refractivity contribution in [3.8, 4) is 5.75 Å². The van der Waals surface area contributed by atoms with Crippen LogP contribution in [0.4, 0.5) is 5.69 Å². The molecule has 0 radical (unpaired) electrons. The molecule has 0 spiro atoms. The van der Waals surface area contributed by atoms with Crippen molar-refractivity contribution in [2.45, 2.75) is 9.79 Å². The Morgan fingerprint density at radius 3 is 2.59 bits per heavy atom. The number of para-hydroxylation sites is 1. The molecule has 0 atom stereocenters. The molecule has 32 heavy (non-hydrogen) atoms. The van der Waals surface area contributed by atoms with Gasteiger partial charge >= 0.3 is 0 Å². The standard InChI is InChI=1S/C24H21ClN2O3S2/c1-27(32(28,29)24-8-4-5-18-17-26-14-13-21(18)24)22-6-2-3-7-23(22)31-16-15-30-20-11-9-19(25)10-12-20/h2-14,17H,15-16H2,1H3. The van der Waals surface area contributed by atoms with Crippen molar-refractivity contribution in [3.63, 3.8) is 0 Å². The molecule has 1 heterocycles. The molecule has 1 aromatic heterocycles. The van der Waals surface area contributed by atoms with Crippen LogP contribution in [0.2, 0.25) is 5.02 Å². The number of rotatable bonds is 8. The predicted molar refractivity (Wildman–Crippen MR) is 131 cm³/mol. The molecular weight excluding hydrogens is 464 g/mol. The van der Waals surface area contributed by atoms with E-state index in [1.54, 1.807) is 61.5 Å². The monoisotopic (exact) mass is 484 g/mol. The Balaban J connectivity index is 1.52. The Morgan fingerprint density at radius 2 is 1.78 bits per heavy atom. The van der Waals surface area contributed by atoms with E-state index in [4.69, 9.17) is 16.3 Å². The van der Waals surface area contributed by atoms with Crippen LogP contribution in [0.25, 0.3) is 10.8 Å². The average Bonchev–Trinajstić information content (AvgIpc) is 2.82. The van der Waals surface area contributed by atoms with E-state index < -0.39 is 10.0 Å². The largest absolute Gasteiger partial charge is 0.493 e. The molecule has 0 bridgehead atoms. The molecule has 0 saturated carbocycles. The van der Waals surface area contributed by atoms with E-state index in [0.717, 1.165) is 16.0 Å². The third kappa shape index (κ3) is 4.85. The summed E-state index contributed by atoms with van der Waals surface area (Å²) < 4.78 is 34.1. The number of benzene rings is 3. The van der Waals surface area contributed by atoms with E-state index in [2.05, 4.69) is 4.98 Å². The summed E-state index contributed by atoms with van der Waals surface area (Å²) in [6.45, 7) is 0.480. The minimum absolute atomic E-state index is 0.255. The number of thioether (sulfide) groups is 1. The van der Waals surface area contributed by atoms with Gasteiger partial charge in [0.1, 0.15) is 5.75 Å². The molecule has 0 saturated heterocycles. The van der Waals surface area contributed by atoms with Gasteiger partial charge < -0.3 is 4.74 Å². The molecule has 0 aliphatic carbocycles. The summed E-state index contributed by atoms with van der Waals surface area (Å²) in [7, 11) is -2.19. The van der Waals surface area contributed by atoms with Crippen LogP contribution < -0.4 is 9.04 Å². The summed E-state index contributed by atoms with van der Waals surface area (Å²) in [6, 6.07) is 21.6. The maximum absolute atomic E-state index is 13.5. The lowest BCUT2D eigenvalue weighted by atomic mass is 10.2. The van der Waals surface area contributed by atoms with Gasteiger partial charge in [-0.3, -0.25) is 9.29 Å². The molecule has 4 rings (SSSR count). The quantitative estimate of drug-likeness (QED) is 0.231. The van der Waals surface area contributed by atoms with E-state index in [1.165, 1.54) is 4.31 Å². The molecule has 0 aliphatic heterocycles. The number of pyridine rings is 1. The molecule has 4 aromatic rings. The maximum atomic E-state index is 13.5. The highest BCUT2D eigenvalue weighted by molar-refractivity contribution is 7.99. The smallest absolute Gasteiger partial charge is 0.264 e. The Bertz CT molecular complexity index is 1320. The first kappa shape index (κ1) is 22.5. The molecular formula is C24H21ClN2O3S2. The minimum Gasteiger partial charge on any atom is -0.493 e. The second-order valence-corrected chi connectivity index (χ2v) is 10.5. The van der Waals surface area contributed by atoms with Crippen LogP contribution in [0, 0.1) is 0 Å². The first-order chi connectivity index (χ1) is 15.5. The lowest BCUT2D eigenvalue weighted by Gasteiger charge is -2.23. The van der Waals surface area contributed by atoms with Gasteiger partial charge in [-0.05, 0) is 48.5 Å². The van der Waals surface area contributed by atoms with Gasteiger partial charge in [-0.15, -0.1) is 11.8 Å². The molecule has 0 aliphatic rings. The number of nitrogens with zero attached hydrogens (tertiary/aromatic N) is 2. The van der Waals surface area contributed by atoms with Crippen molar-refractivity contribution in [2.75, 3.05) is 23.7 Å². The van der Waals surface area contributed by atoms with Crippen LogP contribution in [0.3, 0.4) is 0 Å². The second kappa shape index (κ2) is 9.81. The van der Waals surface area contributed by atoms with Gasteiger partial charge in [0.25, 0.3) is 10.0 Å². The highest BCUT2D eigenvalue weighted by Crippen LogP contribution is 2.34. The van der Waals surface area contributed by atoms with E-state index in [-0.39, 0.29) is 4.90 Å². The van der Waals surface area contributed by atoms with Crippen LogP contribution >= 0.6 is 23.4 Å². The Morgan fingerprint density at radius 1 is 1.00 bits per heavy atom. The summed E-state index contributed by atoms with van der Waals surface area (Å²) in [5.41, 5.74) is 0.620. The molecule has 0 N–H and O–H groups in total. The van der Waals surface area contributed by atoms with E-state index in [1.807, 2.05) is 42.5 Å². The highest BCUT2D eigenvalue weighted by atomic mass is 35.5. The van der Waals surface area contributed by atoms with Crippen LogP contribution in [-0.2, 0) is 10.0 Å². The number of fused-ring (bicyclic) bond motifs is 1. The fraction of sp³-hybridized carbons (Fsp3) is 0.125. The fourth-order valence-corrected chi connectivity index (χ4v) is 5.80. The van der Waals surface area contributed by atoms with Crippen LogP contribution in [0.15, 0.2) is 95.0 Å². The van der Waals surface area contributed by atoms with Gasteiger partial charge in [0, 0.05) is 45.9 Å². The third-order valence-electron chi connectivity index (χ3n) is 4.91. The normalized spacial score (nSPS) is 11.4. The van der Waals surface area contributed by atoms with Crippen molar-refractivity contribution in [1.82, 2.24) is 4.98 Å². The lowest BCUT2D eigenvalue weighted by Crippen LogP contribution is -2.27. The van der Waals surface area contributed by atoms with E-state index in [0.29, 0.717) is 28.5 Å². The van der Waals surface area contributed by atoms with Gasteiger partial charge in [0.2, 0.25) is 0 Å². The molecule has 0 fully saturated rings. The Kier molecular flexibility index (Phi) is 6.89. The Hall–Kier alpha value is -2.74. The minimum atomic E-state index is -3.77. The third-order valence-corrected chi connectivity index (χ3v) is 8.02. The van der Waals surface area contributed by atoms with Crippen LogP contribution in [0.5, 0.6) is 5.75 Å². The molecule has 0 unspecified atom stereocenters. The van der Waals surface area contributed by atoms with E-state index in [9.17, 15) is 8.42 Å². The SMILES string of the molecule is CN(c1ccccc1SCCOc1ccc(Cl)cc1)S(=O)(=O)c1cccc2cnccc12. The van der Waals surface area contributed by atoms with Crippen molar-refractivity contribution in [2.24, 2.45) is 0 Å². The molecule has 0 amide bonds.